The fourth-order valence-electron chi connectivity index (χ4n) is 4.16. The summed E-state index contributed by atoms with van der Waals surface area (Å²) >= 11 is 12.4. The lowest BCUT2D eigenvalue weighted by molar-refractivity contribution is 0.0303. The van der Waals surface area contributed by atoms with Gasteiger partial charge in [0, 0.05) is 47.2 Å². The quantitative estimate of drug-likeness (QED) is 0.316. The number of nitrogens with zero attached hydrogens (tertiary/aromatic N) is 3. The minimum atomic E-state index is -0.626. The van der Waals surface area contributed by atoms with E-state index in [1.54, 1.807) is 28.9 Å². The van der Waals surface area contributed by atoms with Crippen LogP contribution in [-0.4, -0.2) is 46.8 Å². The van der Waals surface area contributed by atoms with Crippen molar-refractivity contribution in [2.45, 2.75) is 13.0 Å². The Kier molecular flexibility index (Phi) is 6.65. The lowest BCUT2D eigenvalue weighted by Crippen LogP contribution is -2.40. The van der Waals surface area contributed by atoms with E-state index >= 15 is 0 Å². The Bertz CT molecular complexity index is 1400. The zero-order valence-electron chi connectivity index (χ0n) is 18.9. The first-order valence-corrected chi connectivity index (χ1v) is 11.9. The minimum absolute atomic E-state index is 0.0198. The molecule has 1 amide bonds. The first kappa shape index (κ1) is 23.6. The number of rotatable bonds is 5. The molecule has 1 unspecified atom stereocenters. The number of amides is 1. The normalized spacial score (nSPS) is 14.8. The standard InChI is InChI=1S/C26H22Cl2FN3O3/c1-16(24-20(27)5-6-21(29)25(24)28)35-32-8-7-22-23(32)14-19(15-30-22)17-3-2-4-18(13-17)26(33)31-9-11-34-12-10-31/h2-8,13-16H,9-12H2,1H3. The number of morpholine rings is 1. The molecule has 0 bridgehead atoms. The monoisotopic (exact) mass is 513 g/mol. The van der Waals surface area contributed by atoms with Crippen molar-refractivity contribution in [1.82, 2.24) is 14.6 Å². The topological polar surface area (TPSA) is 56.6 Å². The van der Waals surface area contributed by atoms with Gasteiger partial charge in [0.1, 0.15) is 11.3 Å². The van der Waals surface area contributed by atoms with Crippen LogP contribution in [0.25, 0.3) is 22.2 Å². The van der Waals surface area contributed by atoms with Crippen LogP contribution in [0.15, 0.2) is 60.9 Å². The maximum atomic E-state index is 14.0. The van der Waals surface area contributed by atoms with Gasteiger partial charge in [-0.2, -0.15) is 4.73 Å². The van der Waals surface area contributed by atoms with Gasteiger partial charge in [-0.3, -0.25) is 9.78 Å². The van der Waals surface area contributed by atoms with E-state index in [0.717, 1.165) is 16.6 Å². The van der Waals surface area contributed by atoms with Crippen molar-refractivity contribution in [3.05, 3.63) is 87.9 Å². The van der Waals surface area contributed by atoms with Crippen LogP contribution in [0.4, 0.5) is 4.39 Å². The third kappa shape index (κ3) is 4.72. The van der Waals surface area contributed by atoms with Gasteiger partial charge < -0.3 is 14.5 Å². The number of hydrogen-bond acceptors (Lipinski definition) is 4. The molecule has 1 aliphatic heterocycles. The molecular formula is C26H22Cl2FN3O3. The van der Waals surface area contributed by atoms with Crippen molar-refractivity contribution in [3.8, 4) is 11.1 Å². The van der Waals surface area contributed by atoms with Crippen LogP contribution in [-0.2, 0) is 4.74 Å². The summed E-state index contributed by atoms with van der Waals surface area (Å²) in [7, 11) is 0. The van der Waals surface area contributed by atoms with Crippen LogP contribution in [0.1, 0.15) is 28.9 Å². The molecule has 2 aromatic heterocycles. The van der Waals surface area contributed by atoms with Gasteiger partial charge in [0.25, 0.3) is 5.91 Å². The molecule has 6 nitrogen and oxygen atoms in total. The summed E-state index contributed by atoms with van der Waals surface area (Å²) < 4.78 is 20.9. The molecule has 1 atom stereocenters. The van der Waals surface area contributed by atoms with Gasteiger partial charge in [0.05, 0.1) is 23.8 Å². The molecule has 0 saturated carbocycles. The van der Waals surface area contributed by atoms with Crippen LogP contribution in [0, 0.1) is 5.82 Å². The molecule has 5 rings (SSSR count). The highest BCUT2D eigenvalue weighted by molar-refractivity contribution is 6.36. The Labute approximate surface area is 211 Å². The molecule has 0 radical (unpaired) electrons. The molecular weight excluding hydrogens is 492 g/mol. The Morgan fingerprint density at radius 2 is 1.91 bits per heavy atom. The summed E-state index contributed by atoms with van der Waals surface area (Å²) in [6.45, 7) is 4.01. The number of carbonyl (C=O) groups excluding carboxylic acids is 1. The summed E-state index contributed by atoms with van der Waals surface area (Å²) in [5.74, 6) is -0.581. The van der Waals surface area contributed by atoms with Crippen molar-refractivity contribution in [1.29, 1.82) is 0 Å². The zero-order valence-corrected chi connectivity index (χ0v) is 20.4. The fourth-order valence-corrected chi connectivity index (χ4v) is 4.83. The van der Waals surface area contributed by atoms with E-state index in [1.165, 1.54) is 12.1 Å². The van der Waals surface area contributed by atoms with Crippen LogP contribution in [0.5, 0.6) is 0 Å². The number of halogens is 3. The maximum absolute atomic E-state index is 14.0. The largest absolute Gasteiger partial charge is 0.406 e. The first-order chi connectivity index (χ1) is 16.9. The number of aromatic nitrogens is 2. The molecule has 180 valence electrons. The van der Waals surface area contributed by atoms with Crippen LogP contribution < -0.4 is 4.84 Å². The third-order valence-electron chi connectivity index (χ3n) is 6.00. The number of fused-ring (bicyclic) bond motifs is 1. The van der Waals surface area contributed by atoms with E-state index in [0.29, 0.717) is 48.0 Å². The summed E-state index contributed by atoms with van der Waals surface area (Å²) in [6, 6.07) is 13.9. The molecule has 4 aromatic rings. The van der Waals surface area contributed by atoms with E-state index < -0.39 is 11.9 Å². The van der Waals surface area contributed by atoms with Crippen molar-refractivity contribution < 1.29 is 18.8 Å². The van der Waals surface area contributed by atoms with Gasteiger partial charge in [0.15, 0.2) is 6.10 Å². The predicted molar refractivity (Wildman–Crippen MR) is 133 cm³/mol. The average molecular weight is 514 g/mol. The Hall–Kier alpha value is -3.13. The molecule has 9 heteroatoms. The van der Waals surface area contributed by atoms with Gasteiger partial charge in [-0.15, -0.1) is 0 Å². The molecule has 2 aromatic carbocycles. The van der Waals surface area contributed by atoms with Crippen LogP contribution in [0.2, 0.25) is 10.0 Å². The molecule has 3 heterocycles. The second kappa shape index (κ2) is 9.85. The van der Waals surface area contributed by atoms with E-state index in [9.17, 15) is 9.18 Å². The third-order valence-corrected chi connectivity index (χ3v) is 6.72. The smallest absolute Gasteiger partial charge is 0.254 e. The second-order valence-electron chi connectivity index (χ2n) is 8.26. The van der Waals surface area contributed by atoms with Crippen LogP contribution >= 0.6 is 23.2 Å². The number of hydrogen-bond donors (Lipinski definition) is 0. The number of carbonyl (C=O) groups is 1. The highest BCUT2D eigenvalue weighted by Gasteiger charge is 2.21. The van der Waals surface area contributed by atoms with Crippen molar-refractivity contribution in [3.63, 3.8) is 0 Å². The highest BCUT2D eigenvalue weighted by atomic mass is 35.5. The van der Waals surface area contributed by atoms with Gasteiger partial charge in [0.2, 0.25) is 0 Å². The summed E-state index contributed by atoms with van der Waals surface area (Å²) in [5, 5.41) is 0.253. The van der Waals surface area contributed by atoms with E-state index in [-0.39, 0.29) is 10.9 Å². The molecule has 1 fully saturated rings. The van der Waals surface area contributed by atoms with Crippen molar-refractivity contribution in [2.24, 2.45) is 0 Å². The van der Waals surface area contributed by atoms with E-state index in [2.05, 4.69) is 4.98 Å². The Balaban J connectivity index is 1.44. The van der Waals surface area contributed by atoms with Crippen molar-refractivity contribution in [2.75, 3.05) is 26.3 Å². The fraction of sp³-hybridized carbons (Fsp3) is 0.231. The molecule has 1 saturated heterocycles. The average Bonchev–Trinajstić information content (AvgIpc) is 3.28. The van der Waals surface area contributed by atoms with E-state index in [1.807, 2.05) is 36.4 Å². The number of pyridine rings is 1. The second-order valence-corrected chi connectivity index (χ2v) is 9.04. The minimum Gasteiger partial charge on any atom is -0.406 e. The zero-order chi connectivity index (χ0) is 24.5. The number of ether oxygens (including phenoxy) is 1. The number of benzene rings is 2. The summed E-state index contributed by atoms with van der Waals surface area (Å²) in [5.41, 5.74) is 4.09. The van der Waals surface area contributed by atoms with Gasteiger partial charge in [-0.25, -0.2) is 4.39 Å². The molecule has 0 aliphatic carbocycles. The lowest BCUT2D eigenvalue weighted by atomic mass is 10.0. The van der Waals surface area contributed by atoms with Crippen LogP contribution in [0.3, 0.4) is 0 Å². The SMILES string of the molecule is CC(On1ccc2ncc(-c3cccc(C(=O)N4CCOCC4)c3)cc21)c1c(Cl)ccc(F)c1Cl. The van der Waals surface area contributed by atoms with Gasteiger partial charge >= 0.3 is 0 Å². The van der Waals surface area contributed by atoms with Crippen molar-refractivity contribution >= 4 is 40.1 Å². The Morgan fingerprint density at radius 1 is 1.11 bits per heavy atom. The molecule has 0 N–H and O–H groups in total. The van der Waals surface area contributed by atoms with Gasteiger partial charge in [-0.05, 0) is 48.9 Å². The molecule has 0 spiro atoms. The van der Waals surface area contributed by atoms with Gasteiger partial charge in [-0.1, -0.05) is 35.3 Å². The first-order valence-electron chi connectivity index (χ1n) is 11.2. The molecule has 35 heavy (non-hydrogen) atoms. The summed E-state index contributed by atoms with van der Waals surface area (Å²) in [6.07, 6.45) is 2.87. The summed E-state index contributed by atoms with van der Waals surface area (Å²) in [4.78, 5) is 25.3. The maximum Gasteiger partial charge on any atom is 0.254 e. The Morgan fingerprint density at radius 3 is 2.71 bits per heavy atom. The lowest BCUT2D eigenvalue weighted by Gasteiger charge is -2.27. The molecule has 1 aliphatic rings. The highest BCUT2D eigenvalue weighted by Crippen LogP contribution is 2.33. The van der Waals surface area contributed by atoms with E-state index in [4.69, 9.17) is 32.8 Å². The predicted octanol–water partition coefficient (Wildman–Crippen LogP) is 5.81.